The van der Waals surface area contributed by atoms with Crippen LogP contribution >= 0.6 is 0 Å². The van der Waals surface area contributed by atoms with Gasteiger partial charge < -0.3 is 9.32 Å². The third-order valence-corrected chi connectivity index (χ3v) is 6.16. The molecule has 6 heteroatoms. The molecule has 0 N–H and O–H groups in total. The molecule has 5 rings (SSSR count). The molecule has 1 spiro atoms. The van der Waals surface area contributed by atoms with Crippen molar-refractivity contribution in [2.75, 3.05) is 31.1 Å². The fourth-order valence-corrected chi connectivity index (χ4v) is 4.78. The van der Waals surface area contributed by atoms with Crippen molar-refractivity contribution in [1.82, 2.24) is 9.88 Å². The maximum atomic E-state index is 14.1. The molecule has 3 heterocycles. The molecular formula is C22H23F2N3O. The third-order valence-electron chi connectivity index (χ3n) is 6.16. The summed E-state index contributed by atoms with van der Waals surface area (Å²) in [5.74, 6) is -1.49. The van der Waals surface area contributed by atoms with Gasteiger partial charge in [0.1, 0.15) is 5.52 Å². The molecule has 0 aliphatic carbocycles. The molecule has 2 saturated heterocycles. The number of hydrogen-bond donors (Lipinski definition) is 0. The lowest BCUT2D eigenvalue weighted by Gasteiger charge is -2.40. The molecule has 146 valence electrons. The molecule has 0 amide bonds. The van der Waals surface area contributed by atoms with Crippen LogP contribution < -0.4 is 4.90 Å². The van der Waals surface area contributed by atoms with Crippen LogP contribution in [0.5, 0.6) is 0 Å². The summed E-state index contributed by atoms with van der Waals surface area (Å²) in [4.78, 5) is 9.12. The van der Waals surface area contributed by atoms with Gasteiger partial charge in [-0.25, -0.2) is 8.78 Å². The number of para-hydroxylation sites is 2. The molecule has 3 aromatic rings. The molecule has 1 aromatic heterocycles. The Morgan fingerprint density at radius 3 is 2.79 bits per heavy atom. The molecule has 2 aliphatic heterocycles. The Balaban J connectivity index is 1.31. The highest BCUT2D eigenvalue weighted by Gasteiger charge is 2.42. The zero-order valence-corrected chi connectivity index (χ0v) is 15.7. The van der Waals surface area contributed by atoms with Crippen LogP contribution in [0.25, 0.3) is 11.1 Å². The molecule has 1 atom stereocenters. The fourth-order valence-electron chi connectivity index (χ4n) is 4.78. The van der Waals surface area contributed by atoms with Crippen LogP contribution in [0.1, 0.15) is 24.8 Å². The molecule has 0 saturated carbocycles. The van der Waals surface area contributed by atoms with Crippen molar-refractivity contribution >= 4 is 17.1 Å². The van der Waals surface area contributed by atoms with Crippen LogP contribution in [-0.2, 0) is 6.54 Å². The Labute approximate surface area is 162 Å². The summed E-state index contributed by atoms with van der Waals surface area (Å²) in [7, 11) is 0. The molecule has 2 fully saturated rings. The van der Waals surface area contributed by atoms with Crippen molar-refractivity contribution in [3.8, 4) is 0 Å². The molecule has 4 nitrogen and oxygen atoms in total. The number of anilines is 1. The zero-order chi connectivity index (χ0) is 19.1. The zero-order valence-electron chi connectivity index (χ0n) is 15.7. The van der Waals surface area contributed by atoms with Gasteiger partial charge in [0.15, 0.2) is 17.2 Å². The number of likely N-dealkylation sites (tertiary alicyclic amines) is 1. The maximum Gasteiger partial charge on any atom is 0.298 e. The van der Waals surface area contributed by atoms with E-state index in [-0.39, 0.29) is 5.41 Å². The topological polar surface area (TPSA) is 32.5 Å². The lowest BCUT2D eigenvalue weighted by atomic mass is 9.79. The number of aromatic nitrogens is 1. The van der Waals surface area contributed by atoms with Gasteiger partial charge in [-0.3, -0.25) is 4.90 Å². The summed E-state index contributed by atoms with van der Waals surface area (Å²) in [6.45, 7) is 4.06. The van der Waals surface area contributed by atoms with E-state index in [1.165, 1.54) is 6.07 Å². The summed E-state index contributed by atoms with van der Waals surface area (Å²) < 4.78 is 33.6. The number of nitrogens with zero attached hydrogens (tertiary/aromatic N) is 3. The molecule has 2 aliphatic rings. The lowest BCUT2D eigenvalue weighted by molar-refractivity contribution is 0.0978. The predicted molar refractivity (Wildman–Crippen MR) is 104 cm³/mol. The van der Waals surface area contributed by atoms with Crippen LogP contribution in [0.3, 0.4) is 0 Å². The summed E-state index contributed by atoms with van der Waals surface area (Å²) in [5.41, 5.74) is 2.28. The number of hydrogen-bond acceptors (Lipinski definition) is 4. The average molecular weight is 383 g/mol. The van der Waals surface area contributed by atoms with Gasteiger partial charge in [-0.05, 0) is 44.0 Å². The second-order valence-corrected chi connectivity index (χ2v) is 8.16. The maximum absolute atomic E-state index is 14.1. The summed E-state index contributed by atoms with van der Waals surface area (Å²) in [6, 6.07) is 12.9. The lowest BCUT2D eigenvalue weighted by Crippen LogP contribution is -2.44. The Morgan fingerprint density at radius 2 is 1.89 bits per heavy atom. The molecular weight excluding hydrogens is 360 g/mol. The fraction of sp³-hybridized carbons (Fsp3) is 0.409. The highest BCUT2D eigenvalue weighted by Crippen LogP contribution is 2.41. The first kappa shape index (κ1) is 17.6. The first-order valence-corrected chi connectivity index (χ1v) is 9.88. The number of halogens is 2. The number of piperidine rings is 1. The number of benzene rings is 2. The van der Waals surface area contributed by atoms with Gasteiger partial charge >= 0.3 is 0 Å². The predicted octanol–water partition coefficient (Wildman–Crippen LogP) is 4.60. The third kappa shape index (κ3) is 3.15. The standard InChI is InChI=1S/C22H23F2N3O/c23-17-6-3-5-16(20(17)24)13-26-11-4-9-22(14-26)10-12-27(15-22)21-25-18-7-1-2-8-19(18)28-21/h1-3,5-8H,4,9-15H2/t22-/m1/s1. The van der Waals surface area contributed by atoms with Crippen LogP contribution in [0.15, 0.2) is 46.9 Å². The van der Waals surface area contributed by atoms with Crippen molar-refractivity contribution in [3.05, 3.63) is 59.7 Å². The SMILES string of the molecule is Fc1cccc(CN2CCC[C@@]3(CCN(c4nc5ccccc5o4)C3)C2)c1F. The Kier molecular flexibility index (Phi) is 4.31. The largest absolute Gasteiger partial charge is 0.423 e. The second kappa shape index (κ2) is 6.85. The Hall–Kier alpha value is -2.47. The van der Waals surface area contributed by atoms with Gasteiger partial charge in [0.05, 0.1) is 0 Å². The van der Waals surface area contributed by atoms with Crippen LogP contribution in [0.4, 0.5) is 14.8 Å². The molecule has 0 radical (unpaired) electrons. The van der Waals surface area contributed by atoms with E-state index in [1.807, 2.05) is 24.3 Å². The number of oxazole rings is 1. The second-order valence-electron chi connectivity index (χ2n) is 8.16. The van der Waals surface area contributed by atoms with Gasteiger partial charge in [-0.2, -0.15) is 4.98 Å². The Morgan fingerprint density at radius 1 is 1.00 bits per heavy atom. The van der Waals surface area contributed by atoms with E-state index < -0.39 is 11.6 Å². The highest BCUT2D eigenvalue weighted by atomic mass is 19.2. The van der Waals surface area contributed by atoms with Crippen molar-refractivity contribution in [2.24, 2.45) is 5.41 Å². The first-order chi connectivity index (χ1) is 13.6. The minimum absolute atomic E-state index is 0.155. The van der Waals surface area contributed by atoms with Crippen LogP contribution in [0, 0.1) is 17.0 Å². The van der Waals surface area contributed by atoms with E-state index in [0.29, 0.717) is 18.1 Å². The van der Waals surface area contributed by atoms with E-state index in [0.717, 1.165) is 56.5 Å². The van der Waals surface area contributed by atoms with Crippen molar-refractivity contribution < 1.29 is 13.2 Å². The minimum Gasteiger partial charge on any atom is -0.423 e. The Bertz CT molecular complexity index is 971. The van der Waals surface area contributed by atoms with Gasteiger partial charge in [0.25, 0.3) is 6.01 Å². The molecule has 0 unspecified atom stereocenters. The first-order valence-electron chi connectivity index (χ1n) is 9.88. The van der Waals surface area contributed by atoms with E-state index >= 15 is 0 Å². The molecule has 0 bridgehead atoms. The van der Waals surface area contributed by atoms with Gasteiger partial charge in [0.2, 0.25) is 0 Å². The number of rotatable bonds is 3. The monoisotopic (exact) mass is 383 g/mol. The quantitative estimate of drug-likeness (QED) is 0.662. The van der Waals surface area contributed by atoms with Crippen molar-refractivity contribution in [2.45, 2.75) is 25.8 Å². The average Bonchev–Trinajstić information content (AvgIpc) is 3.30. The van der Waals surface area contributed by atoms with Crippen molar-refractivity contribution in [3.63, 3.8) is 0 Å². The van der Waals surface area contributed by atoms with Crippen LogP contribution in [0.2, 0.25) is 0 Å². The highest BCUT2D eigenvalue weighted by molar-refractivity contribution is 5.74. The van der Waals surface area contributed by atoms with Crippen molar-refractivity contribution in [1.29, 1.82) is 0 Å². The molecule has 28 heavy (non-hydrogen) atoms. The summed E-state index contributed by atoms with van der Waals surface area (Å²) in [6.07, 6.45) is 3.28. The van der Waals surface area contributed by atoms with E-state index in [2.05, 4.69) is 14.8 Å². The van der Waals surface area contributed by atoms with Crippen LogP contribution in [-0.4, -0.2) is 36.1 Å². The van der Waals surface area contributed by atoms with Gasteiger partial charge in [-0.15, -0.1) is 0 Å². The van der Waals surface area contributed by atoms with E-state index in [9.17, 15) is 8.78 Å². The normalized spacial score (nSPS) is 23.1. The smallest absolute Gasteiger partial charge is 0.298 e. The minimum atomic E-state index is -0.771. The molecule has 2 aromatic carbocycles. The summed E-state index contributed by atoms with van der Waals surface area (Å²) >= 11 is 0. The number of fused-ring (bicyclic) bond motifs is 1. The van der Waals surface area contributed by atoms with E-state index in [4.69, 9.17) is 4.42 Å². The van der Waals surface area contributed by atoms with E-state index in [1.54, 1.807) is 12.1 Å². The van der Waals surface area contributed by atoms with Gasteiger partial charge in [0, 0.05) is 37.2 Å². The summed E-state index contributed by atoms with van der Waals surface area (Å²) in [5, 5.41) is 0. The van der Waals surface area contributed by atoms with Gasteiger partial charge in [-0.1, -0.05) is 24.3 Å².